The lowest BCUT2D eigenvalue weighted by atomic mass is 10.0. The summed E-state index contributed by atoms with van der Waals surface area (Å²) in [6.45, 7) is 1.34. The van der Waals surface area contributed by atoms with Crippen molar-refractivity contribution >= 4 is 22.7 Å². The van der Waals surface area contributed by atoms with Crippen molar-refractivity contribution in [2.75, 3.05) is 13.1 Å². The smallest absolute Gasteiger partial charge is 0.256 e. The molecule has 5 nitrogen and oxygen atoms in total. The standard InChI is InChI=1S/C23H25N3O2/c27-22(11-10-17-6-2-1-3-7-17)25-18-12-14-26(15-13-18)23(28)20-16-24-21-9-5-4-8-19(20)21/h1-9,16,18,24H,10-15H2,(H,25,27). The Morgan fingerprint density at radius 1 is 1.00 bits per heavy atom. The van der Waals surface area contributed by atoms with Crippen LogP contribution in [0.5, 0.6) is 0 Å². The number of hydrogen-bond donors (Lipinski definition) is 2. The van der Waals surface area contributed by atoms with Crippen LogP contribution in [0.15, 0.2) is 60.8 Å². The van der Waals surface area contributed by atoms with Gasteiger partial charge in [0, 0.05) is 42.7 Å². The van der Waals surface area contributed by atoms with Crippen LogP contribution < -0.4 is 5.32 Å². The molecule has 1 aromatic heterocycles. The van der Waals surface area contributed by atoms with Crippen LogP contribution in [-0.4, -0.2) is 40.8 Å². The van der Waals surface area contributed by atoms with Gasteiger partial charge in [0.2, 0.25) is 5.91 Å². The number of aryl methyl sites for hydroxylation is 1. The van der Waals surface area contributed by atoms with Gasteiger partial charge in [-0.2, -0.15) is 0 Å². The summed E-state index contributed by atoms with van der Waals surface area (Å²) in [4.78, 5) is 30.2. The van der Waals surface area contributed by atoms with Crippen molar-refractivity contribution in [2.24, 2.45) is 0 Å². The van der Waals surface area contributed by atoms with Crippen molar-refractivity contribution in [2.45, 2.75) is 31.7 Å². The summed E-state index contributed by atoms with van der Waals surface area (Å²) in [6.07, 6.45) is 4.64. The number of carbonyl (C=O) groups excluding carboxylic acids is 2. The first kappa shape index (κ1) is 18.3. The van der Waals surface area contributed by atoms with Crippen LogP contribution in [-0.2, 0) is 11.2 Å². The molecule has 1 aliphatic heterocycles. The summed E-state index contributed by atoms with van der Waals surface area (Å²) in [5, 5.41) is 4.09. The number of rotatable bonds is 5. The van der Waals surface area contributed by atoms with Crippen molar-refractivity contribution in [1.82, 2.24) is 15.2 Å². The summed E-state index contributed by atoms with van der Waals surface area (Å²) in [5.74, 6) is 0.150. The van der Waals surface area contributed by atoms with Gasteiger partial charge in [0.05, 0.1) is 5.56 Å². The number of likely N-dealkylation sites (tertiary alicyclic amines) is 1. The highest BCUT2D eigenvalue weighted by Gasteiger charge is 2.25. The van der Waals surface area contributed by atoms with Gasteiger partial charge in [0.15, 0.2) is 0 Å². The first-order valence-electron chi connectivity index (χ1n) is 9.89. The summed E-state index contributed by atoms with van der Waals surface area (Å²) in [7, 11) is 0. The zero-order valence-corrected chi connectivity index (χ0v) is 15.9. The molecule has 0 unspecified atom stereocenters. The molecule has 0 saturated carbocycles. The van der Waals surface area contributed by atoms with Gasteiger partial charge in [-0.05, 0) is 30.9 Å². The first-order chi connectivity index (χ1) is 13.7. The first-order valence-corrected chi connectivity index (χ1v) is 9.89. The number of nitrogens with zero attached hydrogens (tertiary/aromatic N) is 1. The van der Waals surface area contributed by atoms with Crippen molar-refractivity contribution in [3.05, 3.63) is 71.9 Å². The highest BCUT2D eigenvalue weighted by Crippen LogP contribution is 2.21. The number of para-hydroxylation sites is 1. The zero-order valence-electron chi connectivity index (χ0n) is 15.9. The van der Waals surface area contributed by atoms with E-state index in [0.717, 1.165) is 35.7 Å². The molecule has 2 heterocycles. The van der Waals surface area contributed by atoms with E-state index < -0.39 is 0 Å². The molecule has 2 amide bonds. The molecule has 144 valence electrons. The molecule has 1 saturated heterocycles. The fraction of sp³-hybridized carbons (Fsp3) is 0.304. The van der Waals surface area contributed by atoms with E-state index in [-0.39, 0.29) is 17.9 Å². The Morgan fingerprint density at radius 3 is 2.50 bits per heavy atom. The van der Waals surface area contributed by atoms with Gasteiger partial charge in [0.25, 0.3) is 5.91 Å². The zero-order chi connectivity index (χ0) is 19.3. The Bertz CT molecular complexity index is 956. The number of fused-ring (bicyclic) bond motifs is 1. The van der Waals surface area contributed by atoms with Gasteiger partial charge in [-0.1, -0.05) is 48.5 Å². The highest BCUT2D eigenvalue weighted by atomic mass is 16.2. The fourth-order valence-electron chi connectivity index (χ4n) is 3.85. The topological polar surface area (TPSA) is 65.2 Å². The lowest BCUT2D eigenvalue weighted by Crippen LogP contribution is -2.46. The van der Waals surface area contributed by atoms with Crippen LogP contribution in [0.25, 0.3) is 10.9 Å². The second kappa shape index (κ2) is 8.30. The van der Waals surface area contributed by atoms with Crippen LogP contribution in [0.4, 0.5) is 0 Å². The highest BCUT2D eigenvalue weighted by molar-refractivity contribution is 6.06. The average Bonchev–Trinajstić information content (AvgIpc) is 3.17. The molecule has 1 fully saturated rings. The SMILES string of the molecule is O=C(CCc1ccccc1)NC1CCN(C(=O)c2c[nH]c3ccccc23)CC1. The Morgan fingerprint density at radius 2 is 1.71 bits per heavy atom. The third-order valence-electron chi connectivity index (χ3n) is 5.45. The van der Waals surface area contributed by atoms with Crippen molar-refractivity contribution in [3.8, 4) is 0 Å². The second-order valence-electron chi connectivity index (χ2n) is 7.37. The Balaban J connectivity index is 1.27. The number of carbonyl (C=O) groups is 2. The maximum absolute atomic E-state index is 12.9. The lowest BCUT2D eigenvalue weighted by Gasteiger charge is -2.32. The van der Waals surface area contributed by atoms with Crippen LogP contribution in [0.3, 0.4) is 0 Å². The number of aromatic nitrogens is 1. The molecule has 3 aromatic rings. The van der Waals surface area contributed by atoms with Gasteiger partial charge in [0.1, 0.15) is 0 Å². The number of benzene rings is 2. The van der Waals surface area contributed by atoms with Gasteiger partial charge in [-0.3, -0.25) is 9.59 Å². The number of amides is 2. The second-order valence-corrected chi connectivity index (χ2v) is 7.37. The molecule has 28 heavy (non-hydrogen) atoms. The van der Waals surface area contributed by atoms with Crippen LogP contribution in [0, 0.1) is 0 Å². The largest absolute Gasteiger partial charge is 0.360 e. The predicted octanol–water partition coefficient (Wildman–Crippen LogP) is 3.52. The number of piperidine rings is 1. The van der Waals surface area contributed by atoms with E-state index in [9.17, 15) is 9.59 Å². The quantitative estimate of drug-likeness (QED) is 0.717. The molecule has 5 heteroatoms. The van der Waals surface area contributed by atoms with E-state index in [4.69, 9.17) is 0 Å². The number of H-pyrrole nitrogens is 1. The summed E-state index contributed by atoms with van der Waals surface area (Å²) in [6, 6.07) is 18.1. The number of nitrogens with one attached hydrogen (secondary N) is 2. The third-order valence-corrected chi connectivity index (χ3v) is 5.45. The lowest BCUT2D eigenvalue weighted by molar-refractivity contribution is -0.122. The maximum Gasteiger partial charge on any atom is 0.256 e. The number of aromatic amines is 1. The normalized spacial score (nSPS) is 14.9. The minimum atomic E-state index is 0.0614. The van der Waals surface area contributed by atoms with Crippen LogP contribution in [0.2, 0.25) is 0 Å². The molecule has 2 aromatic carbocycles. The van der Waals surface area contributed by atoms with E-state index >= 15 is 0 Å². The van der Waals surface area contributed by atoms with Gasteiger partial charge in [-0.25, -0.2) is 0 Å². The van der Waals surface area contributed by atoms with Gasteiger partial charge in [-0.15, -0.1) is 0 Å². The summed E-state index contributed by atoms with van der Waals surface area (Å²) >= 11 is 0. The minimum Gasteiger partial charge on any atom is -0.360 e. The minimum absolute atomic E-state index is 0.0614. The Hall–Kier alpha value is -3.08. The maximum atomic E-state index is 12.9. The monoisotopic (exact) mass is 375 g/mol. The third kappa shape index (κ3) is 4.09. The molecule has 4 rings (SSSR count). The average molecular weight is 375 g/mol. The van der Waals surface area contributed by atoms with Crippen molar-refractivity contribution in [1.29, 1.82) is 0 Å². The molecule has 1 aliphatic rings. The van der Waals surface area contributed by atoms with Crippen LogP contribution >= 0.6 is 0 Å². The van der Waals surface area contributed by atoms with E-state index in [2.05, 4.69) is 10.3 Å². The number of hydrogen-bond acceptors (Lipinski definition) is 2. The Kier molecular flexibility index (Phi) is 5.42. The fourth-order valence-corrected chi connectivity index (χ4v) is 3.85. The Labute approximate surface area is 164 Å². The van der Waals surface area contributed by atoms with Crippen LogP contribution in [0.1, 0.15) is 35.2 Å². The predicted molar refractivity (Wildman–Crippen MR) is 110 cm³/mol. The molecule has 0 aliphatic carbocycles. The molecule has 2 N–H and O–H groups in total. The summed E-state index contributed by atoms with van der Waals surface area (Å²) in [5.41, 5.74) is 2.88. The van der Waals surface area contributed by atoms with E-state index in [1.165, 1.54) is 5.56 Å². The molecular formula is C23H25N3O2. The van der Waals surface area contributed by atoms with Crippen molar-refractivity contribution < 1.29 is 9.59 Å². The van der Waals surface area contributed by atoms with Gasteiger partial charge >= 0.3 is 0 Å². The summed E-state index contributed by atoms with van der Waals surface area (Å²) < 4.78 is 0. The van der Waals surface area contributed by atoms with E-state index in [0.29, 0.717) is 19.5 Å². The molecule has 0 bridgehead atoms. The molecule has 0 spiro atoms. The molecular weight excluding hydrogens is 350 g/mol. The molecule has 0 radical (unpaired) electrons. The van der Waals surface area contributed by atoms with E-state index in [1.807, 2.05) is 59.5 Å². The van der Waals surface area contributed by atoms with Crippen molar-refractivity contribution in [3.63, 3.8) is 0 Å². The van der Waals surface area contributed by atoms with Gasteiger partial charge < -0.3 is 15.2 Å². The molecule has 0 atom stereocenters. The van der Waals surface area contributed by atoms with E-state index in [1.54, 1.807) is 6.20 Å².